The molecule has 0 radical (unpaired) electrons. The van der Waals surface area contributed by atoms with Crippen molar-refractivity contribution < 1.29 is 19.2 Å². The minimum absolute atomic E-state index is 0.284. The normalized spacial score (nSPS) is 21.5. The first kappa shape index (κ1) is 13.3. The first-order chi connectivity index (χ1) is 9.08. The highest BCUT2D eigenvalue weighted by Crippen LogP contribution is 2.44. The summed E-state index contributed by atoms with van der Waals surface area (Å²) in [5.41, 5.74) is 0.669. The maximum Gasteiger partial charge on any atom is 0.315 e. The quantitative estimate of drug-likeness (QED) is 0.360. The minimum Gasteiger partial charge on any atom is -0.493 e. The van der Waals surface area contributed by atoms with Gasteiger partial charge in [0.25, 0.3) is 0 Å². The molecule has 0 N–H and O–H groups in total. The van der Waals surface area contributed by atoms with Gasteiger partial charge in [0, 0.05) is 10.5 Å². The van der Waals surface area contributed by atoms with Gasteiger partial charge >= 0.3 is 5.97 Å². The summed E-state index contributed by atoms with van der Waals surface area (Å²) in [5.74, 6) is -0.636. The number of esters is 1. The molecule has 0 aliphatic carbocycles. The largest absolute Gasteiger partial charge is 0.493 e. The molecule has 0 amide bonds. The fourth-order valence-electron chi connectivity index (χ4n) is 2.49. The van der Waals surface area contributed by atoms with E-state index >= 15 is 0 Å². The predicted molar refractivity (Wildman–Crippen MR) is 67.0 cm³/mol. The number of nitro groups is 1. The summed E-state index contributed by atoms with van der Waals surface area (Å²) in [6.07, 6.45) is 0.508. The molecule has 1 heterocycles. The van der Waals surface area contributed by atoms with Crippen LogP contribution < -0.4 is 9.47 Å². The molecule has 1 aromatic rings. The molecular weight excluding hydrogens is 250 g/mol. The maximum atomic E-state index is 11.9. The van der Waals surface area contributed by atoms with Crippen LogP contribution in [0.4, 0.5) is 0 Å². The Balaban J connectivity index is 2.50. The lowest BCUT2D eigenvalue weighted by Gasteiger charge is -2.29. The van der Waals surface area contributed by atoms with E-state index in [1.165, 1.54) is 7.11 Å². The van der Waals surface area contributed by atoms with Crippen molar-refractivity contribution in [2.45, 2.75) is 19.3 Å². The molecule has 2 rings (SSSR count). The van der Waals surface area contributed by atoms with Crippen LogP contribution >= 0.6 is 0 Å². The van der Waals surface area contributed by atoms with Gasteiger partial charge < -0.3 is 9.47 Å². The van der Waals surface area contributed by atoms with Gasteiger partial charge in [-0.15, -0.1) is 0 Å². The van der Waals surface area contributed by atoms with E-state index in [1.807, 2.05) is 6.92 Å². The van der Waals surface area contributed by atoms with Gasteiger partial charge in [0.1, 0.15) is 0 Å². The zero-order valence-electron chi connectivity index (χ0n) is 10.8. The zero-order valence-corrected chi connectivity index (χ0v) is 10.8. The summed E-state index contributed by atoms with van der Waals surface area (Å²) in [5, 5.41) is 10.8. The Kier molecular flexibility index (Phi) is 3.69. The number of carbonyl (C=O) groups is 1. The van der Waals surface area contributed by atoms with Crippen molar-refractivity contribution in [3.05, 3.63) is 33.9 Å². The van der Waals surface area contributed by atoms with Gasteiger partial charge in [0.2, 0.25) is 6.54 Å². The Morgan fingerprint density at radius 3 is 2.74 bits per heavy atom. The SMILES string of the molecule is CCC1C(=O)Oc2c(OC)cccc2C1C[N+](=O)[O-]. The van der Waals surface area contributed by atoms with Gasteiger partial charge in [-0.05, 0) is 12.5 Å². The molecule has 0 saturated carbocycles. The molecule has 6 heteroatoms. The third-order valence-electron chi connectivity index (χ3n) is 3.41. The Hall–Kier alpha value is -2.11. The van der Waals surface area contributed by atoms with Crippen LogP contribution in [-0.2, 0) is 4.79 Å². The molecule has 0 bridgehead atoms. The van der Waals surface area contributed by atoms with Crippen LogP contribution in [0.15, 0.2) is 18.2 Å². The van der Waals surface area contributed by atoms with Crippen molar-refractivity contribution in [2.24, 2.45) is 5.92 Å². The van der Waals surface area contributed by atoms with Crippen LogP contribution in [0.1, 0.15) is 24.8 Å². The highest BCUT2D eigenvalue weighted by Gasteiger charge is 2.40. The summed E-state index contributed by atoms with van der Waals surface area (Å²) < 4.78 is 10.4. The molecule has 0 saturated heterocycles. The standard InChI is InChI=1S/C13H15NO5/c1-3-8-10(7-14(16)17)9-5-4-6-11(18-2)12(9)19-13(8)15/h4-6,8,10H,3,7H2,1-2H3. The lowest BCUT2D eigenvalue weighted by atomic mass is 9.82. The van der Waals surface area contributed by atoms with Gasteiger partial charge in [-0.3, -0.25) is 14.9 Å². The van der Waals surface area contributed by atoms with Gasteiger partial charge in [0.05, 0.1) is 18.9 Å². The lowest BCUT2D eigenvalue weighted by Crippen LogP contribution is -2.34. The first-order valence-electron chi connectivity index (χ1n) is 6.08. The maximum absolute atomic E-state index is 11.9. The van der Waals surface area contributed by atoms with Gasteiger partial charge in [-0.1, -0.05) is 19.1 Å². The molecule has 6 nitrogen and oxygen atoms in total. The number of fused-ring (bicyclic) bond motifs is 1. The van der Waals surface area contributed by atoms with E-state index in [2.05, 4.69) is 0 Å². The number of methoxy groups -OCH3 is 1. The van der Waals surface area contributed by atoms with Crippen molar-refractivity contribution in [2.75, 3.05) is 13.7 Å². The van der Waals surface area contributed by atoms with Crippen LogP contribution in [0, 0.1) is 16.0 Å². The van der Waals surface area contributed by atoms with Gasteiger partial charge in [0.15, 0.2) is 11.5 Å². The van der Waals surface area contributed by atoms with Gasteiger partial charge in [-0.25, -0.2) is 0 Å². The van der Waals surface area contributed by atoms with Crippen LogP contribution in [0.5, 0.6) is 11.5 Å². The third kappa shape index (κ3) is 2.38. The number of nitrogens with zero attached hydrogens (tertiary/aromatic N) is 1. The smallest absolute Gasteiger partial charge is 0.315 e. The predicted octanol–water partition coefficient (Wildman–Crippen LogP) is 2.00. The van der Waals surface area contributed by atoms with Crippen molar-refractivity contribution in [1.82, 2.24) is 0 Å². The zero-order chi connectivity index (χ0) is 14.0. The Labute approximate surface area is 110 Å². The fourth-order valence-corrected chi connectivity index (χ4v) is 2.49. The average molecular weight is 265 g/mol. The molecule has 0 spiro atoms. The molecule has 0 fully saturated rings. The number of rotatable bonds is 4. The van der Waals surface area contributed by atoms with Crippen molar-refractivity contribution in [3.8, 4) is 11.5 Å². The van der Waals surface area contributed by atoms with Crippen molar-refractivity contribution >= 4 is 5.97 Å². The average Bonchev–Trinajstić information content (AvgIpc) is 2.37. The number of carbonyl (C=O) groups excluding carboxylic acids is 1. The molecule has 1 aliphatic heterocycles. The van der Waals surface area contributed by atoms with Crippen LogP contribution in [0.2, 0.25) is 0 Å². The van der Waals surface area contributed by atoms with Crippen LogP contribution in [-0.4, -0.2) is 24.5 Å². The minimum atomic E-state index is -0.481. The third-order valence-corrected chi connectivity index (χ3v) is 3.41. The molecule has 102 valence electrons. The number of benzene rings is 1. The van der Waals surface area contributed by atoms with E-state index in [-0.39, 0.29) is 6.54 Å². The first-order valence-corrected chi connectivity index (χ1v) is 6.08. The second kappa shape index (κ2) is 5.26. The Morgan fingerprint density at radius 1 is 1.42 bits per heavy atom. The summed E-state index contributed by atoms with van der Waals surface area (Å²) in [6.45, 7) is 1.54. The second-order valence-electron chi connectivity index (χ2n) is 4.44. The Bertz CT molecular complexity index is 514. The Morgan fingerprint density at radius 2 is 2.16 bits per heavy atom. The number of hydrogen-bond acceptors (Lipinski definition) is 5. The summed E-state index contributed by atoms with van der Waals surface area (Å²) in [4.78, 5) is 22.4. The highest BCUT2D eigenvalue weighted by molar-refractivity contribution is 5.80. The van der Waals surface area contributed by atoms with E-state index in [0.29, 0.717) is 23.5 Å². The van der Waals surface area contributed by atoms with Crippen molar-refractivity contribution in [3.63, 3.8) is 0 Å². The molecule has 1 aromatic carbocycles. The van der Waals surface area contributed by atoms with Crippen LogP contribution in [0.3, 0.4) is 0 Å². The molecule has 1 aliphatic rings. The number of para-hydroxylation sites is 1. The van der Waals surface area contributed by atoms with E-state index in [0.717, 1.165) is 0 Å². The molecule has 2 unspecified atom stereocenters. The fraction of sp³-hybridized carbons (Fsp3) is 0.462. The number of ether oxygens (including phenoxy) is 2. The second-order valence-corrected chi connectivity index (χ2v) is 4.44. The number of hydrogen-bond donors (Lipinski definition) is 0. The molecule has 2 atom stereocenters. The lowest BCUT2D eigenvalue weighted by molar-refractivity contribution is -0.484. The van der Waals surface area contributed by atoms with E-state index in [4.69, 9.17) is 9.47 Å². The van der Waals surface area contributed by atoms with Crippen molar-refractivity contribution in [1.29, 1.82) is 0 Å². The monoisotopic (exact) mass is 265 g/mol. The molecule has 19 heavy (non-hydrogen) atoms. The highest BCUT2D eigenvalue weighted by atomic mass is 16.6. The van der Waals surface area contributed by atoms with Gasteiger partial charge in [-0.2, -0.15) is 0 Å². The summed E-state index contributed by atoms with van der Waals surface area (Å²) in [7, 11) is 1.47. The van der Waals surface area contributed by atoms with E-state index in [1.54, 1.807) is 18.2 Å². The van der Waals surface area contributed by atoms with Crippen LogP contribution in [0.25, 0.3) is 0 Å². The van der Waals surface area contributed by atoms with E-state index < -0.39 is 22.7 Å². The molecular formula is C13H15NO5. The van der Waals surface area contributed by atoms with E-state index in [9.17, 15) is 14.9 Å². The topological polar surface area (TPSA) is 78.7 Å². The summed E-state index contributed by atoms with van der Waals surface area (Å²) in [6, 6.07) is 5.17. The molecule has 0 aromatic heterocycles. The summed E-state index contributed by atoms with van der Waals surface area (Å²) >= 11 is 0.